The Morgan fingerprint density at radius 1 is 1.10 bits per heavy atom. The molecule has 2 aromatic rings. The molecule has 0 saturated carbocycles. The molecular weight excluding hydrogens is 258 g/mol. The normalized spacial score (nSPS) is 10.1. The number of hydrogen-bond donors (Lipinski definition) is 0. The molecule has 0 atom stereocenters. The highest BCUT2D eigenvalue weighted by atomic mass is 16.6. The minimum Gasteiger partial charge on any atom is -0.450 e. The molecular formula is C15H13NO4. The summed E-state index contributed by atoms with van der Waals surface area (Å²) in [6.07, 6.45) is 0.563. The van der Waals surface area contributed by atoms with Crippen molar-refractivity contribution in [1.29, 1.82) is 0 Å². The van der Waals surface area contributed by atoms with Crippen molar-refractivity contribution >= 4 is 12.0 Å². The van der Waals surface area contributed by atoms with Gasteiger partial charge in [0.2, 0.25) is 5.75 Å². The Balaban J connectivity index is 2.42. The predicted octanol–water partition coefficient (Wildman–Crippen LogP) is 3.82. The Morgan fingerprint density at radius 3 is 2.30 bits per heavy atom. The fourth-order valence-corrected chi connectivity index (χ4v) is 1.96. The third-order valence-corrected chi connectivity index (χ3v) is 2.74. The molecule has 0 aliphatic rings. The molecule has 0 heterocycles. The number of aldehydes is 1. The fraction of sp³-hybridized carbons (Fsp3) is 0.133. The van der Waals surface area contributed by atoms with Crippen molar-refractivity contribution in [3.8, 4) is 11.5 Å². The van der Waals surface area contributed by atoms with E-state index in [2.05, 4.69) is 0 Å². The van der Waals surface area contributed by atoms with Gasteiger partial charge in [0.1, 0.15) is 12.0 Å². The number of ether oxygens (including phenoxy) is 1. The Hall–Kier alpha value is -2.69. The summed E-state index contributed by atoms with van der Waals surface area (Å²) in [5.74, 6) is 0.648. The molecule has 0 aliphatic heterocycles. The molecule has 0 saturated heterocycles. The molecule has 0 bridgehead atoms. The van der Waals surface area contributed by atoms with Crippen LogP contribution in [0.3, 0.4) is 0 Å². The predicted molar refractivity (Wildman–Crippen MR) is 74.5 cm³/mol. The molecule has 0 aromatic heterocycles. The number of nitrogens with zero attached hydrogens (tertiary/aromatic N) is 1. The summed E-state index contributed by atoms with van der Waals surface area (Å²) in [6.45, 7) is 3.84. The zero-order chi connectivity index (χ0) is 14.7. The molecule has 0 aliphatic carbocycles. The molecule has 0 amide bonds. The van der Waals surface area contributed by atoms with Crippen LogP contribution in [0.5, 0.6) is 11.5 Å². The lowest BCUT2D eigenvalue weighted by atomic mass is 10.1. The van der Waals surface area contributed by atoms with Crippen LogP contribution in [0.15, 0.2) is 36.4 Å². The van der Waals surface area contributed by atoms with Gasteiger partial charge in [-0.25, -0.2) is 0 Å². The minimum atomic E-state index is -0.564. The lowest BCUT2D eigenvalue weighted by molar-refractivity contribution is -0.385. The van der Waals surface area contributed by atoms with Crippen LogP contribution in [0.4, 0.5) is 5.69 Å². The highest BCUT2D eigenvalue weighted by molar-refractivity contribution is 5.77. The van der Waals surface area contributed by atoms with Crippen LogP contribution in [0, 0.1) is 24.0 Å². The van der Waals surface area contributed by atoms with E-state index in [-0.39, 0.29) is 17.0 Å². The van der Waals surface area contributed by atoms with Crippen LogP contribution in [-0.2, 0) is 0 Å². The first-order valence-corrected chi connectivity index (χ1v) is 5.99. The van der Waals surface area contributed by atoms with Crippen molar-refractivity contribution in [2.45, 2.75) is 13.8 Å². The number of rotatable bonds is 4. The van der Waals surface area contributed by atoms with Gasteiger partial charge < -0.3 is 4.74 Å². The van der Waals surface area contributed by atoms with Gasteiger partial charge in [0.15, 0.2) is 0 Å². The molecule has 5 nitrogen and oxygen atoms in total. The molecule has 102 valence electrons. The van der Waals surface area contributed by atoms with Gasteiger partial charge in [-0.3, -0.25) is 14.9 Å². The maximum Gasteiger partial charge on any atom is 0.312 e. The summed E-state index contributed by atoms with van der Waals surface area (Å²) < 4.78 is 5.57. The van der Waals surface area contributed by atoms with E-state index >= 15 is 0 Å². The zero-order valence-corrected chi connectivity index (χ0v) is 11.1. The number of benzene rings is 2. The van der Waals surface area contributed by atoms with E-state index in [1.54, 1.807) is 12.1 Å². The van der Waals surface area contributed by atoms with Crippen LogP contribution < -0.4 is 4.74 Å². The monoisotopic (exact) mass is 271 g/mol. The van der Waals surface area contributed by atoms with Gasteiger partial charge in [-0.15, -0.1) is 0 Å². The first-order chi connectivity index (χ1) is 9.49. The van der Waals surface area contributed by atoms with Crippen LogP contribution in [-0.4, -0.2) is 11.2 Å². The van der Waals surface area contributed by atoms with E-state index in [4.69, 9.17) is 4.74 Å². The third kappa shape index (κ3) is 3.00. The molecule has 0 spiro atoms. The second kappa shape index (κ2) is 5.52. The lowest BCUT2D eigenvalue weighted by Gasteiger charge is -2.08. The third-order valence-electron chi connectivity index (χ3n) is 2.74. The second-order valence-corrected chi connectivity index (χ2v) is 4.53. The van der Waals surface area contributed by atoms with E-state index < -0.39 is 4.92 Å². The molecule has 2 rings (SSSR count). The van der Waals surface area contributed by atoms with E-state index in [1.807, 2.05) is 19.9 Å². The standard InChI is InChI=1S/C15H13NO4/c1-10-5-11(2)7-13(6-10)20-15-4-3-12(9-17)8-14(15)16(18)19/h3-9H,1-2H3. The van der Waals surface area contributed by atoms with Gasteiger partial charge in [0.05, 0.1) is 4.92 Å². The van der Waals surface area contributed by atoms with E-state index in [0.29, 0.717) is 12.0 Å². The largest absolute Gasteiger partial charge is 0.450 e. The summed E-state index contributed by atoms with van der Waals surface area (Å²) in [4.78, 5) is 21.1. The zero-order valence-electron chi connectivity index (χ0n) is 11.1. The quantitative estimate of drug-likeness (QED) is 0.481. The van der Waals surface area contributed by atoms with Crippen molar-refractivity contribution in [3.05, 3.63) is 63.2 Å². The molecule has 0 N–H and O–H groups in total. The first-order valence-electron chi connectivity index (χ1n) is 5.99. The summed E-state index contributed by atoms with van der Waals surface area (Å²) in [5, 5.41) is 11.0. The van der Waals surface area contributed by atoms with Crippen LogP contribution in [0.25, 0.3) is 0 Å². The highest BCUT2D eigenvalue weighted by Gasteiger charge is 2.16. The first kappa shape index (κ1) is 13.7. The summed E-state index contributed by atoms with van der Waals surface area (Å²) >= 11 is 0. The van der Waals surface area contributed by atoms with Gasteiger partial charge in [0.25, 0.3) is 0 Å². The van der Waals surface area contributed by atoms with Crippen molar-refractivity contribution in [3.63, 3.8) is 0 Å². The Morgan fingerprint density at radius 2 is 1.75 bits per heavy atom. The fourth-order valence-electron chi connectivity index (χ4n) is 1.96. The summed E-state index contributed by atoms with van der Waals surface area (Å²) in [7, 11) is 0. The average molecular weight is 271 g/mol. The van der Waals surface area contributed by atoms with Crippen molar-refractivity contribution in [2.24, 2.45) is 0 Å². The Labute approximate surface area is 116 Å². The summed E-state index contributed by atoms with van der Waals surface area (Å²) in [5.41, 5.74) is 2.03. The Kier molecular flexibility index (Phi) is 3.79. The molecule has 0 unspecified atom stereocenters. The highest BCUT2D eigenvalue weighted by Crippen LogP contribution is 2.32. The number of nitro benzene ring substituents is 1. The van der Waals surface area contributed by atoms with Crippen molar-refractivity contribution < 1.29 is 14.5 Å². The number of aryl methyl sites for hydroxylation is 2. The van der Waals surface area contributed by atoms with E-state index in [1.165, 1.54) is 18.2 Å². The molecule has 5 heteroatoms. The maximum absolute atomic E-state index is 11.0. The SMILES string of the molecule is Cc1cc(C)cc(Oc2ccc(C=O)cc2[N+](=O)[O-])c1. The van der Waals surface area contributed by atoms with Crippen LogP contribution in [0.2, 0.25) is 0 Å². The van der Waals surface area contributed by atoms with Crippen LogP contribution >= 0.6 is 0 Å². The van der Waals surface area contributed by atoms with Gasteiger partial charge in [-0.2, -0.15) is 0 Å². The Bertz CT molecular complexity index is 659. The number of hydrogen-bond acceptors (Lipinski definition) is 4. The number of carbonyl (C=O) groups is 1. The number of carbonyl (C=O) groups excluding carboxylic acids is 1. The van der Waals surface area contributed by atoms with E-state index in [0.717, 1.165) is 11.1 Å². The van der Waals surface area contributed by atoms with Gasteiger partial charge >= 0.3 is 5.69 Å². The lowest BCUT2D eigenvalue weighted by Crippen LogP contribution is -1.95. The minimum absolute atomic E-state index is 0.116. The van der Waals surface area contributed by atoms with Crippen LogP contribution in [0.1, 0.15) is 21.5 Å². The molecule has 2 aromatic carbocycles. The van der Waals surface area contributed by atoms with Gasteiger partial charge in [0, 0.05) is 11.6 Å². The number of nitro groups is 1. The smallest absolute Gasteiger partial charge is 0.312 e. The molecule has 0 radical (unpaired) electrons. The van der Waals surface area contributed by atoms with E-state index in [9.17, 15) is 14.9 Å². The second-order valence-electron chi connectivity index (χ2n) is 4.53. The molecule has 0 fully saturated rings. The van der Waals surface area contributed by atoms with Gasteiger partial charge in [-0.1, -0.05) is 6.07 Å². The van der Waals surface area contributed by atoms with Crippen molar-refractivity contribution in [1.82, 2.24) is 0 Å². The van der Waals surface area contributed by atoms with Gasteiger partial charge in [-0.05, 0) is 49.2 Å². The topological polar surface area (TPSA) is 69.4 Å². The average Bonchev–Trinajstić information content (AvgIpc) is 2.37. The maximum atomic E-state index is 11.0. The van der Waals surface area contributed by atoms with Crippen molar-refractivity contribution in [2.75, 3.05) is 0 Å². The molecule has 20 heavy (non-hydrogen) atoms. The summed E-state index contributed by atoms with van der Waals surface area (Å²) in [6, 6.07) is 9.69.